The summed E-state index contributed by atoms with van der Waals surface area (Å²) in [5.41, 5.74) is 11.3. The molecular weight excluding hydrogens is 392 g/mol. The molecule has 1 amide bonds. The van der Waals surface area contributed by atoms with Gasteiger partial charge >= 0.3 is 0 Å². The van der Waals surface area contributed by atoms with E-state index < -0.39 is 0 Å². The SMILES string of the molecule is CN1CCC(N(C)Cc2c(-c3ccc4c(c3)NC(=O)CO4)nc3ccc(N)cn23)CC1. The summed E-state index contributed by atoms with van der Waals surface area (Å²) >= 11 is 0. The van der Waals surface area contributed by atoms with E-state index in [4.69, 9.17) is 15.5 Å². The first-order valence-corrected chi connectivity index (χ1v) is 10.7. The van der Waals surface area contributed by atoms with Gasteiger partial charge in [-0.1, -0.05) is 0 Å². The van der Waals surface area contributed by atoms with Crippen LogP contribution in [0.3, 0.4) is 0 Å². The Morgan fingerprint density at radius 2 is 2.06 bits per heavy atom. The van der Waals surface area contributed by atoms with E-state index in [-0.39, 0.29) is 12.5 Å². The first-order chi connectivity index (χ1) is 15.0. The van der Waals surface area contributed by atoms with Crippen molar-refractivity contribution in [3.8, 4) is 17.0 Å². The zero-order chi connectivity index (χ0) is 21.5. The summed E-state index contributed by atoms with van der Waals surface area (Å²) < 4.78 is 7.61. The molecule has 1 saturated heterocycles. The minimum atomic E-state index is -0.144. The molecule has 1 fully saturated rings. The van der Waals surface area contributed by atoms with Crippen LogP contribution < -0.4 is 15.8 Å². The zero-order valence-corrected chi connectivity index (χ0v) is 18.0. The van der Waals surface area contributed by atoms with Gasteiger partial charge in [0, 0.05) is 30.0 Å². The van der Waals surface area contributed by atoms with Crippen LogP contribution in [0.4, 0.5) is 11.4 Å². The number of likely N-dealkylation sites (tertiary alicyclic amines) is 1. The summed E-state index contributed by atoms with van der Waals surface area (Å²) in [5.74, 6) is 0.538. The minimum absolute atomic E-state index is 0.0482. The van der Waals surface area contributed by atoms with E-state index in [1.165, 1.54) is 0 Å². The Morgan fingerprint density at radius 3 is 2.87 bits per heavy atom. The number of carbonyl (C=O) groups is 1. The second-order valence-corrected chi connectivity index (χ2v) is 8.60. The van der Waals surface area contributed by atoms with Gasteiger partial charge in [-0.3, -0.25) is 9.69 Å². The minimum Gasteiger partial charge on any atom is -0.482 e. The third-order valence-electron chi connectivity index (χ3n) is 6.34. The quantitative estimate of drug-likeness (QED) is 0.674. The number of benzene rings is 1. The number of carbonyl (C=O) groups excluding carboxylic acids is 1. The highest BCUT2D eigenvalue weighted by atomic mass is 16.5. The first-order valence-electron chi connectivity index (χ1n) is 10.7. The van der Waals surface area contributed by atoms with Gasteiger partial charge in [0.05, 0.1) is 17.1 Å². The average molecular weight is 421 g/mol. The van der Waals surface area contributed by atoms with Crippen LogP contribution in [0.2, 0.25) is 0 Å². The van der Waals surface area contributed by atoms with Crippen LogP contribution >= 0.6 is 0 Å². The Morgan fingerprint density at radius 1 is 1.26 bits per heavy atom. The Balaban J connectivity index is 1.54. The highest BCUT2D eigenvalue weighted by Gasteiger charge is 2.24. The monoisotopic (exact) mass is 420 g/mol. The standard InChI is InChI=1S/C23H28N6O2/c1-27-9-7-17(8-10-27)28(2)13-19-23(26-21-6-4-16(24)12-29(19)21)15-3-5-20-18(11-15)25-22(30)14-31-20/h3-6,11-12,17H,7-10,13-14,24H2,1-2H3,(H,25,30). The Hall–Kier alpha value is -3.10. The smallest absolute Gasteiger partial charge is 0.262 e. The zero-order valence-electron chi connectivity index (χ0n) is 18.0. The summed E-state index contributed by atoms with van der Waals surface area (Å²) in [6.07, 6.45) is 4.25. The molecule has 0 spiro atoms. The molecule has 0 atom stereocenters. The lowest BCUT2D eigenvalue weighted by molar-refractivity contribution is -0.118. The predicted octanol–water partition coefficient (Wildman–Crippen LogP) is 2.44. The molecule has 4 heterocycles. The Labute approximate surface area is 181 Å². The van der Waals surface area contributed by atoms with Crippen LogP contribution in [0.15, 0.2) is 36.5 Å². The molecule has 162 valence electrons. The second-order valence-electron chi connectivity index (χ2n) is 8.60. The molecule has 2 aliphatic heterocycles. The first kappa shape index (κ1) is 19.8. The van der Waals surface area contributed by atoms with Crippen LogP contribution in [-0.2, 0) is 11.3 Å². The number of pyridine rings is 1. The van der Waals surface area contributed by atoms with Gasteiger partial charge in [-0.2, -0.15) is 0 Å². The number of hydrogen-bond acceptors (Lipinski definition) is 6. The summed E-state index contributed by atoms with van der Waals surface area (Å²) in [4.78, 5) is 21.5. The summed E-state index contributed by atoms with van der Waals surface area (Å²) in [6, 6.07) is 10.2. The van der Waals surface area contributed by atoms with Crippen molar-refractivity contribution in [3.05, 3.63) is 42.2 Å². The van der Waals surface area contributed by atoms with Crippen LogP contribution in [0.25, 0.3) is 16.9 Å². The lowest BCUT2D eigenvalue weighted by atomic mass is 10.0. The van der Waals surface area contributed by atoms with Gasteiger partial charge in [0.25, 0.3) is 5.91 Å². The highest BCUT2D eigenvalue weighted by Crippen LogP contribution is 2.34. The van der Waals surface area contributed by atoms with Crippen molar-refractivity contribution in [2.75, 3.05) is 44.8 Å². The van der Waals surface area contributed by atoms with Crippen LogP contribution in [0.5, 0.6) is 5.75 Å². The molecule has 0 unspecified atom stereocenters. The summed E-state index contributed by atoms with van der Waals surface area (Å²) in [5, 5.41) is 2.90. The van der Waals surface area contributed by atoms with Crippen molar-refractivity contribution in [2.45, 2.75) is 25.4 Å². The van der Waals surface area contributed by atoms with Gasteiger partial charge in [0.15, 0.2) is 6.61 Å². The van der Waals surface area contributed by atoms with Gasteiger partial charge < -0.3 is 25.1 Å². The number of amides is 1. The predicted molar refractivity (Wildman–Crippen MR) is 121 cm³/mol. The molecule has 8 heteroatoms. The lowest BCUT2D eigenvalue weighted by Gasteiger charge is -2.35. The van der Waals surface area contributed by atoms with Crippen molar-refractivity contribution in [1.29, 1.82) is 0 Å². The molecule has 8 nitrogen and oxygen atoms in total. The van der Waals surface area contributed by atoms with Crippen LogP contribution in [-0.4, -0.2) is 64.9 Å². The van der Waals surface area contributed by atoms with Crippen LogP contribution in [0.1, 0.15) is 18.5 Å². The molecule has 3 N–H and O–H groups in total. The maximum absolute atomic E-state index is 11.8. The maximum atomic E-state index is 11.8. The van der Waals surface area contributed by atoms with Gasteiger partial charge in [-0.15, -0.1) is 0 Å². The number of piperidine rings is 1. The normalized spacial score (nSPS) is 17.6. The van der Waals surface area contributed by atoms with E-state index in [2.05, 4.69) is 33.6 Å². The molecular formula is C23H28N6O2. The number of rotatable bonds is 4. The fourth-order valence-corrected chi connectivity index (χ4v) is 4.52. The number of nitrogens with two attached hydrogens (primary N) is 1. The molecule has 0 saturated carbocycles. The van der Waals surface area contributed by atoms with Gasteiger partial charge in [0.2, 0.25) is 0 Å². The molecule has 1 aromatic carbocycles. The molecule has 2 aromatic heterocycles. The van der Waals surface area contributed by atoms with E-state index in [1.807, 2.05) is 36.5 Å². The van der Waals surface area contributed by atoms with Gasteiger partial charge in [-0.25, -0.2) is 4.98 Å². The molecule has 3 aromatic rings. The average Bonchev–Trinajstić information content (AvgIpc) is 3.11. The number of nitrogen functional groups attached to an aromatic ring is 1. The summed E-state index contributed by atoms with van der Waals surface area (Å²) in [7, 11) is 4.37. The van der Waals surface area contributed by atoms with E-state index in [0.717, 1.165) is 55.1 Å². The third kappa shape index (κ3) is 3.84. The third-order valence-corrected chi connectivity index (χ3v) is 6.34. The number of fused-ring (bicyclic) bond motifs is 2. The second kappa shape index (κ2) is 7.86. The summed E-state index contributed by atoms with van der Waals surface area (Å²) in [6.45, 7) is 3.04. The maximum Gasteiger partial charge on any atom is 0.262 e. The van der Waals surface area contributed by atoms with Crippen molar-refractivity contribution in [2.24, 2.45) is 0 Å². The fourth-order valence-electron chi connectivity index (χ4n) is 4.52. The van der Waals surface area contributed by atoms with E-state index >= 15 is 0 Å². The van der Waals surface area contributed by atoms with Gasteiger partial charge in [-0.05, 0) is 70.4 Å². The van der Waals surface area contributed by atoms with Gasteiger partial charge in [0.1, 0.15) is 11.4 Å². The number of aromatic nitrogens is 2. The van der Waals surface area contributed by atoms with E-state index in [0.29, 0.717) is 23.2 Å². The molecule has 0 aliphatic carbocycles. The number of imidazole rings is 1. The number of hydrogen-bond donors (Lipinski definition) is 2. The largest absolute Gasteiger partial charge is 0.482 e. The lowest BCUT2D eigenvalue weighted by Crippen LogP contribution is -2.41. The molecule has 0 bridgehead atoms. The van der Waals surface area contributed by atoms with Crippen molar-refractivity contribution in [3.63, 3.8) is 0 Å². The fraction of sp³-hybridized carbons (Fsp3) is 0.391. The molecule has 0 radical (unpaired) electrons. The number of nitrogens with one attached hydrogen (secondary N) is 1. The van der Waals surface area contributed by atoms with Crippen molar-refractivity contribution < 1.29 is 9.53 Å². The number of ether oxygens (including phenoxy) is 1. The van der Waals surface area contributed by atoms with Crippen LogP contribution in [0, 0.1) is 0 Å². The molecule has 2 aliphatic rings. The number of nitrogens with zero attached hydrogens (tertiary/aromatic N) is 4. The highest BCUT2D eigenvalue weighted by molar-refractivity contribution is 5.96. The Kier molecular flexibility index (Phi) is 5.03. The number of anilines is 2. The Bertz CT molecular complexity index is 1130. The molecule has 31 heavy (non-hydrogen) atoms. The molecule has 5 rings (SSSR count). The van der Waals surface area contributed by atoms with Crippen molar-refractivity contribution in [1.82, 2.24) is 19.2 Å². The van der Waals surface area contributed by atoms with E-state index in [9.17, 15) is 4.79 Å². The topological polar surface area (TPSA) is 88.1 Å². The van der Waals surface area contributed by atoms with E-state index in [1.54, 1.807) is 0 Å². The van der Waals surface area contributed by atoms with Crippen molar-refractivity contribution >= 4 is 22.9 Å².